The molecule has 0 spiro atoms. The van der Waals surface area contributed by atoms with Crippen molar-refractivity contribution in [3.05, 3.63) is 46.1 Å². The van der Waals surface area contributed by atoms with Gasteiger partial charge in [0.2, 0.25) is 11.9 Å². The topological polar surface area (TPSA) is 119 Å². The largest absolute Gasteiger partial charge is 0.394 e. The number of aliphatic hydroxyl groups excluding tert-OH is 2. The van der Waals surface area contributed by atoms with Crippen LogP contribution in [-0.4, -0.2) is 51.9 Å². The van der Waals surface area contributed by atoms with Gasteiger partial charge < -0.3 is 26.2 Å². The van der Waals surface area contributed by atoms with E-state index in [9.17, 15) is 9.90 Å². The van der Waals surface area contributed by atoms with E-state index in [2.05, 4.69) is 25.9 Å². The average Bonchev–Trinajstić information content (AvgIpc) is 2.68. The fourth-order valence-corrected chi connectivity index (χ4v) is 2.70. The number of carbonyl (C=O) groups is 1. The Labute approximate surface area is 173 Å². The molecular formula is C18H23Cl2N5O3. The van der Waals surface area contributed by atoms with Crippen LogP contribution in [0.1, 0.15) is 24.9 Å². The summed E-state index contributed by atoms with van der Waals surface area (Å²) in [4.78, 5) is 20.5. The number of aromatic nitrogens is 2. The second kappa shape index (κ2) is 11.0. The standard InChI is InChI=1S/C18H23Cl2N5O3/c1-11(9-26)23-18-22-8-14(20)17(25-18)21-6-5-16(28)24-15(10-27)12-3-2-4-13(19)7-12/h2-4,7-8,11,15,26-27H,5-6,9-10H2,1H3,(H,24,28)(H2,21,22,23,25)/t11-,15+/m0/s1. The number of rotatable bonds is 10. The summed E-state index contributed by atoms with van der Waals surface area (Å²) >= 11 is 12.0. The van der Waals surface area contributed by atoms with Crippen molar-refractivity contribution in [2.45, 2.75) is 25.4 Å². The number of benzene rings is 1. The smallest absolute Gasteiger partial charge is 0.224 e. The van der Waals surface area contributed by atoms with Gasteiger partial charge in [0.25, 0.3) is 0 Å². The van der Waals surface area contributed by atoms with Gasteiger partial charge in [-0.25, -0.2) is 4.98 Å². The Morgan fingerprint density at radius 3 is 2.71 bits per heavy atom. The van der Waals surface area contributed by atoms with Crippen LogP contribution < -0.4 is 16.0 Å². The van der Waals surface area contributed by atoms with Crippen LogP contribution in [0.15, 0.2) is 30.5 Å². The molecule has 0 aliphatic carbocycles. The lowest BCUT2D eigenvalue weighted by atomic mass is 10.1. The van der Waals surface area contributed by atoms with Gasteiger partial charge in [-0.3, -0.25) is 4.79 Å². The summed E-state index contributed by atoms with van der Waals surface area (Å²) in [5.41, 5.74) is 0.726. The van der Waals surface area contributed by atoms with E-state index < -0.39 is 6.04 Å². The number of carbonyl (C=O) groups excluding carboxylic acids is 1. The highest BCUT2D eigenvalue weighted by atomic mass is 35.5. The number of anilines is 2. The Morgan fingerprint density at radius 2 is 2.04 bits per heavy atom. The third-order valence-electron chi connectivity index (χ3n) is 3.81. The van der Waals surface area contributed by atoms with E-state index in [1.807, 2.05) is 0 Å². The second-order valence-electron chi connectivity index (χ2n) is 6.15. The molecule has 0 unspecified atom stereocenters. The monoisotopic (exact) mass is 427 g/mol. The molecule has 1 aromatic carbocycles. The van der Waals surface area contributed by atoms with Crippen molar-refractivity contribution in [2.24, 2.45) is 0 Å². The summed E-state index contributed by atoms with van der Waals surface area (Å²) in [5, 5.41) is 28.2. The molecule has 152 valence electrons. The van der Waals surface area contributed by atoms with E-state index in [4.69, 9.17) is 28.3 Å². The van der Waals surface area contributed by atoms with Crippen molar-refractivity contribution >= 4 is 40.9 Å². The van der Waals surface area contributed by atoms with Gasteiger partial charge in [0.15, 0.2) is 0 Å². The number of amides is 1. The predicted octanol–water partition coefficient (Wildman–Crippen LogP) is 2.23. The predicted molar refractivity (Wildman–Crippen MR) is 110 cm³/mol. The highest BCUT2D eigenvalue weighted by molar-refractivity contribution is 6.32. The number of hydrogen-bond acceptors (Lipinski definition) is 7. The molecule has 1 aromatic heterocycles. The highest BCUT2D eigenvalue weighted by Crippen LogP contribution is 2.20. The van der Waals surface area contributed by atoms with Crippen LogP contribution in [0.3, 0.4) is 0 Å². The SMILES string of the molecule is C[C@@H](CO)Nc1ncc(Cl)c(NCCC(=O)N[C@H](CO)c2cccc(Cl)c2)n1. The van der Waals surface area contributed by atoms with Crippen molar-refractivity contribution in [1.82, 2.24) is 15.3 Å². The quantitative estimate of drug-likeness (QED) is 0.394. The van der Waals surface area contributed by atoms with Crippen molar-refractivity contribution in [3.63, 3.8) is 0 Å². The van der Waals surface area contributed by atoms with E-state index >= 15 is 0 Å². The van der Waals surface area contributed by atoms with Crippen molar-refractivity contribution in [1.29, 1.82) is 0 Å². The molecule has 1 heterocycles. The van der Waals surface area contributed by atoms with Crippen LogP contribution >= 0.6 is 23.2 Å². The maximum atomic E-state index is 12.2. The maximum absolute atomic E-state index is 12.2. The first-order valence-electron chi connectivity index (χ1n) is 8.72. The Kier molecular flexibility index (Phi) is 8.72. The summed E-state index contributed by atoms with van der Waals surface area (Å²) in [6.07, 6.45) is 1.58. The first-order chi connectivity index (χ1) is 13.4. The normalized spacial score (nSPS) is 12.9. The van der Waals surface area contributed by atoms with E-state index in [0.717, 1.165) is 5.56 Å². The molecule has 28 heavy (non-hydrogen) atoms. The average molecular weight is 428 g/mol. The first-order valence-corrected chi connectivity index (χ1v) is 9.48. The third-order valence-corrected chi connectivity index (χ3v) is 4.32. The van der Waals surface area contributed by atoms with E-state index in [-0.39, 0.29) is 38.1 Å². The van der Waals surface area contributed by atoms with Crippen LogP contribution in [0.25, 0.3) is 0 Å². The molecule has 8 nitrogen and oxygen atoms in total. The van der Waals surface area contributed by atoms with Gasteiger partial charge in [-0.2, -0.15) is 4.98 Å². The Hall–Kier alpha value is -2.13. The number of halogens is 2. The van der Waals surface area contributed by atoms with Crippen molar-refractivity contribution in [3.8, 4) is 0 Å². The number of aliphatic hydroxyl groups is 2. The van der Waals surface area contributed by atoms with Crippen LogP contribution in [0.2, 0.25) is 10.0 Å². The van der Waals surface area contributed by atoms with Crippen LogP contribution in [-0.2, 0) is 4.79 Å². The molecule has 5 N–H and O–H groups in total. The molecule has 0 aliphatic heterocycles. The minimum absolute atomic E-state index is 0.0619. The molecule has 10 heteroatoms. The van der Waals surface area contributed by atoms with Gasteiger partial charge in [-0.15, -0.1) is 0 Å². The number of nitrogens with one attached hydrogen (secondary N) is 3. The maximum Gasteiger partial charge on any atom is 0.224 e. The Morgan fingerprint density at radius 1 is 1.25 bits per heavy atom. The van der Waals surface area contributed by atoms with Crippen molar-refractivity contribution < 1.29 is 15.0 Å². The molecule has 0 aliphatic rings. The van der Waals surface area contributed by atoms with E-state index in [1.54, 1.807) is 31.2 Å². The number of nitrogens with zero attached hydrogens (tertiary/aromatic N) is 2. The molecule has 1 amide bonds. The number of hydrogen-bond donors (Lipinski definition) is 5. The van der Waals surface area contributed by atoms with Crippen LogP contribution in [0.5, 0.6) is 0 Å². The van der Waals surface area contributed by atoms with Crippen LogP contribution in [0, 0.1) is 0 Å². The third kappa shape index (κ3) is 6.79. The second-order valence-corrected chi connectivity index (χ2v) is 7.00. The molecule has 2 aromatic rings. The summed E-state index contributed by atoms with van der Waals surface area (Å²) in [6.45, 7) is 1.76. The van der Waals surface area contributed by atoms with Gasteiger partial charge in [0.1, 0.15) is 10.8 Å². The fraction of sp³-hybridized carbons (Fsp3) is 0.389. The van der Waals surface area contributed by atoms with Gasteiger partial charge in [-0.1, -0.05) is 35.3 Å². The van der Waals surface area contributed by atoms with E-state index in [0.29, 0.717) is 21.8 Å². The zero-order valence-electron chi connectivity index (χ0n) is 15.3. The fourth-order valence-electron chi connectivity index (χ4n) is 2.35. The molecule has 2 rings (SSSR count). The highest BCUT2D eigenvalue weighted by Gasteiger charge is 2.14. The van der Waals surface area contributed by atoms with Gasteiger partial charge in [-0.05, 0) is 24.6 Å². The van der Waals surface area contributed by atoms with Gasteiger partial charge in [0, 0.05) is 24.0 Å². The lowest BCUT2D eigenvalue weighted by Crippen LogP contribution is -2.32. The van der Waals surface area contributed by atoms with Gasteiger partial charge >= 0.3 is 0 Å². The Balaban J connectivity index is 1.88. The van der Waals surface area contributed by atoms with E-state index in [1.165, 1.54) is 6.20 Å². The first kappa shape index (κ1) is 22.2. The van der Waals surface area contributed by atoms with Gasteiger partial charge in [0.05, 0.1) is 25.5 Å². The summed E-state index contributed by atoms with van der Waals surface area (Å²) in [5.74, 6) is 0.453. The molecular weight excluding hydrogens is 405 g/mol. The molecule has 0 radical (unpaired) electrons. The summed E-state index contributed by atoms with van der Waals surface area (Å²) in [7, 11) is 0. The lowest BCUT2D eigenvalue weighted by molar-refractivity contribution is -0.121. The molecule has 0 saturated heterocycles. The summed E-state index contributed by atoms with van der Waals surface area (Å²) < 4.78 is 0. The minimum Gasteiger partial charge on any atom is -0.394 e. The molecule has 0 saturated carbocycles. The molecule has 0 bridgehead atoms. The zero-order chi connectivity index (χ0) is 20.5. The zero-order valence-corrected chi connectivity index (χ0v) is 16.8. The minimum atomic E-state index is -0.537. The Bertz CT molecular complexity index is 794. The summed E-state index contributed by atoms with van der Waals surface area (Å²) in [6, 6.07) is 6.22. The molecule has 2 atom stereocenters. The molecule has 0 fully saturated rings. The van der Waals surface area contributed by atoms with Crippen molar-refractivity contribution in [2.75, 3.05) is 30.4 Å². The lowest BCUT2D eigenvalue weighted by Gasteiger charge is -2.17. The van der Waals surface area contributed by atoms with Crippen LogP contribution in [0.4, 0.5) is 11.8 Å².